The van der Waals surface area contributed by atoms with E-state index in [1.54, 1.807) is 18.2 Å². The van der Waals surface area contributed by atoms with Crippen LogP contribution in [0.15, 0.2) is 84.9 Å². The Morgan fingerprint density at radius 3 is 1.91 bits per heavy atom. The van der Waals surface area contributed by atoms with Crippen LogP contribution in [-0.2, 0) is 0 Å². The van der Waals surface area contributed by atoms with Crippen molar-refractivity contribution in [1.29, 1.82) is 0 Å². The minimum atomic E-state index is -1.52. The van der Waals surface area contributed by atoms with E-state index in [0.717, 1.165) is 26.9 Å². The second-order valence-corrected chi connectivity index (χ2v) is 7.89. The minimum Gasteiger partial charge on any atom is -0.501 e. The van der Waals surface area contributed by atoms with Crippen LogP contribution in [0.1, 0.15) is 13.8 Å². The summed E-state index contributed by atoms with van der Waals surface area (Å²) in [6.45, 7) is 4.82. The molecule has 1 unspecified atom stereocenters. The summed E-state index contributed by atoms with van der Waals surface area (Å²) in [6.07, 6.45) is 0. The van der Waals surface area contributed by atoms with Crippen LogP contribution >= 0.6 is 9.90 Å². The van der Waals surface area contributed by atoms with E-state index < -0.39 is 7.32 Å². The fraction of sp³-hybridized carbons (Fsp3) is 0.143. The van der Waals surface area contributed by atoms with E-state index in [-0.39, 0.29) is 9.90 Å². The van der Waals surface area contributed by atoms with Crippen LogP contribution in [0.5, 0.6) is 23.0 Å². The van der Waals surface area contributed by atoms with E-state index in [4.69, 9.17) is 18.8 Å². The standard InChI is InChI=1S/C28H25BO5.H3P/c1-3-31-23-16-24(32-4-2)18-25(17-23)33-29(30)34-27-11-7-10-19-12-13-22-14-20-8-5-6-9-21(20)15-26(22)28(19)27;/h5-18,30H,3-4H2,1-2H3;1H3. The Hall–Kier alpha value is -3.47. The summed E-state index contributed by atoms with van der Waals surface area (Å²) in [5.41, 5.74) is 0. The highest BCUT2D eigenvalue weighted by atomic mass is 31.0. The molecule has 5 rings (SSSR count). The first-order valence-electron chi connectivity index (χ1n) is 11.4. The topological polar surface area (TPSA) is 57.2 Å². The number of benzene rings is 5. The summed E-state index contributed by atoms with van der Waals surface area (Å²) in [7, 11) is -1.52. The van der Waals surface area contributed by atoms with Gasteiger partial charge in [-0.05, 0) is 59.0 Å². The Balaban J connectivity index is 0.00000289. The van der Waals surface area contributed by atoms with Gasteiger partial charge in [0.05, 0.1) is 13.2 Å². The highest BCUT2D eigenvalue weighted by Gasteiger charge is 2.24. The first kappa shape index (κ1) is 24.7. The molecular formula is C28H28BO5P. The lowest BCUT2D eigenvalue weighted by Gasteiger charge is -2.16. The first-order valence-corrected chi connectivity index (χ1v) is 11.4. The van der Waals surface area contributed by atoms with Crippen molar-refractivity contribution in [3.05, 3.63) is 84.9 Å². The molecule has 0 fully saturated rings. The number of rotatable bonds is 8. The Morgan fingerprint density at radius 1 is 0.629 bits per heavy atom. The van der Waals surface area contributed by atoms with Gasteiger partial charge in [0.2, 0.25) is 0 Å². The Morgan fingerprint density at radius 2 is 1.23 bits per heavy atom. The van der Waals surface area contributed by atoms with Gasteiger partial charge in [-0.1, -0.05) is 48.5 Å². The van der Waals surface area contributed by atoms with Gasteiger partial charge in [-0.3, -0.25) is 0 Å². The lowest BCUT2D eigenvalue weighted by atomic mass is 9.97. The quantitative estimate of drug-likeness (QED) is 0.119. The maximum Gasteiger partial charge on any atom is 0.785 e. The van der Waals surface area contributed by atoms with Crippen LogP contribution in [-0.4, -0.2) is 25.6 Å². The van der Waals surface area contributed by atoms with E-state index >= 15 is 0 Å². The molecule has 35 heavy (non-hydrogen) atoms. The Labute approximate surface area is 208 Å². The van der Waals surface area contributed by atoms with Crippen molar-refractivity contribution < 1.29 is 23.8 Å². The van der Waals surface area contributed by atoms with E-state index in [2.05, 4.69) is 36.4 Å². The molecule has 1 N–H and O–H groups in total. The summed E-state index contributed by atoms with van der Waals surface area (Å²) in [5.74, 6) is 2.12. The Bertz CT molecular complexity index is 1450. The fourth-order valence-corrected chi connectivity index (χ4v) is 4.23. The van der Waals surface area contributed by atoms with Crippen LogP contribution in [0.4, 0.5) is 0 Å². The highest BCUT2D eigenvalue weighted by molar-refractivity contribution is 6.92. The molecule has 0 bridgehead atoms. The van der Waals surface area contributed by atoms with Gasteiger partial charge >= 0.3 is 7.32 Å². The summed E-state index contributed by atoms with van der Waals surface area (Å²) >= 11 is 0. The molecule has 0 spiro atoms. The third kappa shape index (κ3) is 5.29. The summed E-state index contributed by atoms with van der Waals surface area (Å²) in [4.78, 5) is 0. The maximum atomic E-state index is 10.7. The van der Waals surface area contributed by atoms with Crippen molar-refractivity contribution in [2.75, 3.05) is 13.2 Å². The monoisotopic (exact) mass is 486 g/mol. The molecule has 7 heteroatoms. The molecule has 5 aromatic rings. The lowest BCUT2D eigenvalue weighted by molar-refractivity contribution is 0.293. The maximum absolute atomic E-state index is 10.7. The third-order valence-corrected chi connectivity index (χ3v) is 5.63. The number of hydrogen-bond acceptors (Lipinski definition) is 5. The van der Waals surface area contributed by atoms with Crippen LogP contribution in [0.25, 0.3) is 32.3 Å². The van der Waals surface area contributed by atoms with Crippen LogP contribution in [0.3, 0.4) is 0 Å². The predicted octanol–water partition coefficient (Wildman–Crippen LogP) is 6.44. The van der Waals surface area contributed by atoms with Gasteiger partial charge < -0.3 is 23.8 Å². The van der Waals surface area contributed by atoms with Crippen LogP contribution in [0, 0.1) is 0 Å². The molecule has 0 saturated heterocycles. The first-order chi connectivity index (χ1) is 16.6. The number of ether oxygens (including phenoxy) is 2. The van der Waals surface area contributed by atoms with Crippen LogP contribution < -0.4 is 18.8 Å². The van der Waals surface area contributed by atoms with Gasteiger partial charge in [0, 0.05) is 23.6 Å². The zero-order chi connectivity index (χ0) is 23.5. The molecule has 0 aromatic heterocycles. The van der Waals surface area contributed by atoms with Crippen LogP contribution in [0.2, 0.25) is 0 Å². The number of fused-ring (bicyclic) bond motifs is 4. The number of hydrogen-bond donors (Lipinski definition) is 1. The van der Waals surface area contributed by atoms with Crippen molar-refractivity contribution in [2.24, 2.45) is 0 Å². The Kier molecular flexibility index (Phi) is 7.65. The zero-order valence-electron chi connectivity index (χ0n) is 19.9. The molecule has 0 aliphatic carbocycles. The summed E-state index contributed by atoms with van der Waals surface area (Å²) in [5, 5.41) is 17.1. The normalized spacial score (nSPS) is 10.7. The van der Waals surface area contributed by atoms with Gasteiger partial charge in [0.15, 0.2) is 0 Å². The molecule has 5 nitrogen and oxygen atoms in total. The molecule has 0 amide bonds. The molecule has 0 aliphatic rings. The second kappa shape index (κ2) is 10.9. The molecule has 178 valence electrons. The van der Waals surface area contributed by atoms with Crippen molar-refractivity contribution >= 4 is 49.5 Å². The average Bonchev–Trinajstić information content (AvgIpc) is 2.83. The van der Waals surface area contributed by atoms with Gasteiger partial charge in [0.1, 0.15) is 23.0 Å². The zero-order valence-corrected chi connectivity index (χ0v) is 21.3. The van der Waals surface area contributed by atoms with Gasteiger partial charge in [-0.15, -0.1) is 0 Å². The van der Waals surface area contributed by atoms with Crippen molar-refractivity contribution in [2.45, 2.75) is 13.8 Å². The molecule has 0 aliphatic heterocycles. The SMILES string of the molecule is CCOc1cc(OCC)cc(OB(O)Oc2cccc3ccc4cc5ccccc5cc4c23)c1.P. The predicted molar refractivity (Wildman–Crippen MR) is 148 cm³/mol. The van der Waals surface area contributed by atoms with Gasteiger partial charge in [0.25, 0.3) is 0 Å². The molecule has 5 aromatic carbocycles. The second-order valence-electron chi connectivity index (χ2n) is 7.89. The van der Waals surface area contributed by atoms with Crippen molar-refractivity contribution in [3.63, 3.8) is 0 Å². The average molecular weight is 486 g/mol. The molecule has 0 heterocycles. The fourth-order valence-electron chi connectivity index (χ4n) is 4.23. The minimum absolute atomic E-state index is 0. The van der Waals surface area contributed by atoms with E-state index in [1.165, 1.54) is 5.39 Å². The molecule has 0 radical (unpaired) electrons. The summed E-state index contributed by atoms with van der Waals surface area (Å²) in [6, 6.07) is 27.7. The smallest absolute Gasteiger partial charge is 0.501 e. The largest absolute Gasteiger partial charge is 0.785 e. The lowest BCUT2D eigenvalue weighted by Crippen LogP contribution is -2.29. The highest BCUT2D eigenvalue weighted by Crippen LogP contribution is 2.36. The summed E-state index contributed by atoms with van der Waals surface area (Å²) < 4.78 is 22.8. The molecular weight excluding hydrogens is 458 g/mol. The van der Waals surface area contributed by atoms with E-state index in [0.29, 0.717) is 36.2 Å². The van der Waals surface area contributed by atoms with E-state index in [9.17, 15) is 5.02 Å². The van der Waals surface area contributed by atoms with Crippen molar-refractivity contribution in [1.82, 2.24) is 0 Å². The molecule has 1 atom stereocenters. The molecule has 0 saturated carbocycles. The van der Waals surface area contributed by atoms with Gasteiger partial charge in [-0.25, -0.2) is 0 Å². The van der Waals surface area contributed by atoms with E-state index in [1.807, 2.05) is 44.2 Å². The van der Waals surface area contributed by atoms with Gasteiger partial charge in [-0.2, -0.15) is 9.90 Å². The third-order valence-electron chi connectivity index (χ3n) is 5.63. The van der Waals surface area contributed by atoms with Crippen molar-refractivity contribution in [3.8, 4) is 23.0 Å².